The molecule has 0 heterocycles. The Labute approximate surface area is 97.9 Å². The molecule has 1 aromatic carbocycles. The molecule has 0 amide bonds. The van der Waals surface area contributed by atoms with Gasteiger partial charge < -0.3 is 10.0 Å². The van der Waals surface area contributed by atoms with Crippen LogP contribution in [0, 0.1) is 0 Å². The zero-order valence-corrected chi connectivity index (χ0v) is 10.2. The minimum Gasteiger partial charge on any atom is -0.423 e. The Kier molecular flexibility index (Phi) is 4.99. The van der Waals surface area contributed by atoms with Gasteiger partial charge in [0.1, 0.15) is 0 Å². The molecule has 0 radical (unpaired) electrons. The van der Waals surface area contributed by atoms with E-state index in [9.17, 15) is 0 Å². The van der Waals surface area contributed by atoms with Crippen LogP contribution in [0.1, 0.15) is 32.4 Å². The van der Waals surface area contributed by atoms with Crippen LogP contribution >= 0.6 is 0 Å². The van der Waals surface area contributed by atoms with Crippen LogP contribution < -0.4 is 5.46 Å². The van der Waals surface area contributed by atoms with Crippen molar-refractivity contribution in [2.75, 3.05) is 13.1 Å². The smallest absolute Gasteiger partial charge is 0.423 e. The summed E-state index contributed by atoms with van der Waals surface area (Å²) in [6.07, 6.45) is 0. The predicted molar refractivity (Wildman–Crippen MR) is 67.6 cm³/mol. The molecule has 4 heteroatoms. The van der Waals surface area contributed by atoms with Crippen LogP contribution in [0.25, 0.3) is 0 Å². The summed E-state index contributed by atoms with van der Waals surface area (Å²) >= 11 is 0. The highest BCUT2D eigenvalue weighted by Gasteiger charge is 2.14. The molecule has 1 aromatic rings. The molecule has 0 aliphatic carbocycles. The topological polar surface area (TPSA) is 43.7 Å². The van der Waals surface area contributed by atoms with E-state index >= 15 is 0 Å². The van der Waals surface area contributed by atoms with Crippen LogP contribution in [-0.2, 0) is 0 Å². The van der Waals surface area contributed by atoms with Gasteiger partial charge in [0.05, 0.1) is 0 Å². The minimum absolute atomic E-state index is 0.361. The van der Waals surface area contributed by atoms with E-state index in [0.717, 1.165) is 13.1 Å². The first-order valence-corrected chi connectivity index (χ1v) is 5.80. The van der Waals surface area contributed by atoms with Gasteiger partial charge in [-0.3, -0.25) is 4.90 Å². The van der Waals surface area contributed by atoms with Gasteiger partial charge >= 0.3 is 7.12 Å². The summed E-state index contributed by atoms with van der Waals surface area (Å²) in [7, 11) is -1.38. The molecule has 0 aliphatic rings. The van der Waals surface area contributed by atoms with E-state index in [2.05, 4.69) is 25.7 Å². The average Bonchev–Trinajstić information content (AvgIpc) is 2.30. The lowest BCUT2D eigenvalue weighted by Gasteiger charge is -2.26. The molecule has 88 valence electrons. The maximum atomic E-state index is 9.00. The molecule has 2 N–H and O–H groups in total. The van der Waals surface area contributed by atoms with Crippen LogP contribution in [-0.4, -0.2) is 35.2 Å². The summed E-state index contributed by atoms with van der Waals surface area (Å²) in [6, 6.07) is 7.80. The molecule has 0 unspecified atom stereocenters. The molecule has 0 saturated heterocycles. The Bertz CT molecular complexity index is 309. The Morgan fingerprint density at radius 3 is 2.00 bits per heavy atom. The fourth-order valence-electron chi connectivity index (χ4n) is 1.93. The van der Waals surface area contributed by atoms with E-state index in [-0.39, 0.29) is 0 Å². The molecule has 3 nitrogen and oxygen atoms in total. The highest BCUT2D eigenvalue weighted by atomic mass is 16.4. The predicted octanol–water partition coefficient (Wildman–Crippen LogP) is 0.769. The fourth-order valence-corrected chi connectivity index (χ4v) is 1.93. The Balaban J connectivity index is 2.80. The van der Waals surface area contributed by atoms with Gasteiger partial charge in [-0.05, 0) is 31.0 Å². The van der Waals surface area contributed by atoms with E-state index < -0.39 is 7.12 Å². The highest BCUT2D eigenvalue weighted by Crippen LogP contribution is 2.18. The number of benzene rings is 1. The van der Waals surface area contributed by atoms with Crippen LogP contribution in [0.4, 0.5) is 0 Å². The van der Waals surface area contributed by atoms with E-state index in [1.54, 1.807) is 12.1 Å². The van der Waals surface area contributed by atoms with Crippen molar-refractivity contribution in [3.8, 4) is 0 Å². The number of hydrogen-bond donors (Lipinski definition) is 2. The SMILES string of the molecule is CCN(CC)[C@H](C)c1ccc(B(O)O)cc1. The van der Waals surface area contributed by atoms with Crippen LogP contribution in [0.3, 0.4) is 0 Å². The minimum atomic E-state index is -1.38. The number of hydrogen-bond acceptors (Lipinski definition) is 3. The van der Waals surface area contributed by atoms with Crippen molar-refractivity contribution >= 4 is 12.6 Å². The van der Waals surface area contributed by atoms with E-state index in [1.807, 2.05) is 12.1 Å². The van der Waals surface area contributed by atoms with E-state index in [4.69, 9.17) is 10.0 Å². The van der Waals surface area contributed by atoms with Crippen molar-refractivity contribution in [2.45, 2.75) is 26.8 Å². The summed E-state index contributed by atoms with van der Waals surface area (Å²) in [5, 5.41) is 18.0. The van der Waals surface area contributed by atoms with Crippen molar-refractivity contribution < 1.29 is 10.0 Å². The molecule has 0 fully saturated rings. The van der Waals surface area contributed by atoms with Gasteiger partial charge in [-0.15, -0.1) is 0 Å². The lowest BCUT2D eigenvalue weighted by Crippen LogP contribution is -2.30. The molecule has 0 saturated carbocycles. The van der Waals surface area contributed by atoms with Gasteiger partial charge in [-0.1, -0.05) is 38.1 Å². The zero-order chi connectivity index (χ0) is 12.1. The van der Waals surface area contributed by atoms with Crippen LogP contribution in [0.2, 0.25) is 0 Å². The fraction of sp³-hybridized carbons (Fsp3) is 0.500. The summed E-state index contributed by atoms with van der Waals surface area (Å²) < 4.78 is 0. The lowest BCUT2D eigenvalue weighted by atomic mass is 9.80. The van der Waals surface area contributed by atoms with Crippen molar-refractivity contribution in [3.05, 3.63) is 29.8 Å². The standard InChI is InChI=1S/C12H20BNO2/c1-4-14(5-2)10(3)11-6-8-12(9-7-11)13(15)16/h6-10,15-16H,4-5H2,1-3H3/t10-/m1/s1. The number of nitrogens with zero attached hydrogens (tertiary/aromatic N) is 1. The van der Waals surface area contributed by atoms with Gasteiger partial charge in [0.25, 0.3) is 0 Å². The first-order valence-electron chi connectivity index (χ1n) is 5.80. The lowest BCUT2D eigenvalue weighted by molar-refractivity contribution is 0.234. The third kappa shape index (κ3) is 3.08. The summed E-state index contributed by atoms with van der Waals surface area (Å²) in [6.45, 7) is 8.49. The quantitative estimate of drug-likeness (QED) is 0.722. The van der Waals surface area contributed by atoms with Gasteiger partial charge in [-0.25, -0.2) is 0 Å². The molecular weight excluding hydrogens is 201 g/mol. The van der Waals surface area contributed by atoms with Crippen LogP contribution in [0.5, 0.6) is 0 Å². The Hall–Kier alpha value is -0.835. The average molecular weight is 221 g/mol. The van der Waals surface area contributed by atoms with E-state index in [0.29, 0.717) is 11.5 Å². The summed E-state index contributed by atoms with van der Waals surface area (Å²) in [5.74, 6) is 0. The third-order valence-electron chi connectivity index (χ3n) is 3.08. The second-order valence-corrected chi connectivity index (χ2v) is 3.94. The second-order valence-electron chi connectivity index (χ2n) is 3.94. The first kappa shape index (κ1) is 13.2. The molecule has 0 bridgehead atoms. The molecule has 0 spiro atoms. The zero-order valence-electron chi connectivity index (χ0n) is 10.2. The summed E-state index contributed by atoms with van der Waals surface area (Å²) in [5.41, 5.74) is 1.74. The second kappa shape index (κ2) is 6.04. The monoisotopic (exact) mass is 221 g/mol. The molecule has 0 aromatic heterocycles. The van der Waals surface area contributed by atoms with Gasteiger partial charge in [-0.2, -0.15) is 0 Å². The maximum Gasteiger partial charge on any atom is 0.488 e. The van der Waals surface area contributed by atoms with E-state index in [1.165, 1.54) is 5.56 Å². The first-order chi connectivity index (χ1) is 7.60. The van der Waals surface area contributed by atoms with Gasteiger partial charge in [0.15, 0.2) is 0 Å². The molecule has 1 atom stereocenters. The largest absolute Gasteiger partial charge is 0.488 e. The Morgan fingerprint density at radius 2 is 1.62 bits per heavy atom. The molecule has 16 heavy (non-hydrogen) atoms. The Morgan fingerprint density at radius 1 is 1.12 bits per heavy atom. The maximum absolute atomic E-state index is 9.00. The molecular formula is C12H20BNO2. The summed E-state index contributed by atoms with van der Waals surface area (Å²) in [4.78, 5) is 2.35. The van der Waals surface area contributed by atoms with Crippen LogP contribution in [0.15, 0.2) is 24.3 Å². The molecule has 0 aliphatic heterocycles. The normalized spacial score (nSPS) is 12.9. The molecule has 1 rings (SSSR count). The van der Waals surface area contributed by atoms with Gasteiger partial charge in [0, 0.05) is 6.04 Å². The highest BCUT2D eigenvalue weighted by molar-refractivity contribution is 6.58. The van der Waals surface area contributed by atoms with Crippen molar-refractivity contribution in [3.63, 3.8) is 0 Å². The van der Waals surface area contributed by atoms with Crippen molar-refractivity contribution in [2.24, 2.45) is 0 Å². The third-order valence-corrected chi connectivity index (χ3v) is 3.08. The van der Waals surface area contributed by atoms with Gasteiger partial charge in [0.2, 0.25) is 0 Å². The van der Waals surface area contributed by atoms with Crippen molar-refractivity contribution in [1.29, 1.82) is 0 Å². The van der Waals surface area contributed by atoms with Crippen molar-refractivity contribution in [1.82, 2.24) is 4.90 Å². The number of rotatable bonds is 5.